The molecule has 0 atom stereocenters. The smallest absolute Gasteiger partial charge is 0.245 e. The number of ether oxygens (including phenoxy) is 2. The van der Waals surface area contributed by atoms with Gasteiger partial charge in [0.05, 0.1) is 16.9 Å². The van der Waals surface area contributed by atoms with Gasteiger partial charge in [0, 0.05) is 9.26 Å². The Labute approximate surface area is 215 Å². The molecule has 0 bridgehead atoms. The van der Waals surface area contributed by atoms with Gasteiger partial charge in [-0.1, -0.05) is 5.92 Å². The van der Waals surface area contributed by atoms with Crippen molar-refractivity contribution in [3.05, 3.63) is 49.1 Å². The Hall–Kier alpha value is -3.19. The van der Waals surface area contributed by atoms with E-state index >= 15 is 0 Å². The van der Waals surface area contributed by atoms with E-state index < -0.39 is 0 Å². The second kappa shape index (κ2) is 10.6. The van der Waals surface area contributed by atoms with Crippen molar-refractivity contribution in [2.75, 3.05) is 24.5 Å². The van der Waals surface area contributed by atoms with Gasteiger partial charge in [-0.2, -0.15) is 10.1 Å². The molecule has 0 fully saturated rings. The van der Waals surface area contributed by atoms with Crippen LogP contribution >= 0.6 is 45.2 Å². The molecular weight excluding hydrogens is 652 g/mol. The minimum Gasteiger partial charge on any atom is -0.493 e. The lowest BCUT2D eigenvalue weighted by Crippen LogP contribution is -2.03. The predicted octanol–water partition coefficient (Wildman–Crippen LogP) is 4.43. The normalized spacial score (nSPS) is 10.8. The van der Waals surface area contributed by atoms with Crippen molar-refractivity contribution in [3.8, 4) is 23.8 Å². The topological polar surface area (TPSA) is 120 Å². The molecule has 2 N–H and O–H groups in total. The Morgan fingerprint density at radius 1 is 1.12 bits per heavy atom. The van der Waals surface area contributed by atoms with E-state index in [1.165, 1.54) is 0 Å². The number of fused-ring (bicyclic) bond motifs is 1. The lowest BCUT2D eigenvalue weighted by atomic mass is 10.2. The Morgan fingerprint density at radius 2 is 1.85 bits per heavy atom. The maximum Gasteiger partial charge on any atom is 0.245 e. The molecule has 4 rings (SSSR count). The Morgan fingerprint density at radius 3 is 2.55 bits per heavy atom. The molecule has 4 aromatic rings. The zero-order chi connectivity index (χ0) is 23.2. The van der Waals surface area contributed by atoms with E-state index in [1.54, 1.807) is 19.4 Å². The number of hydrogen-bond acceptors (Lipinski definition) is 10. The minimum absolute atomic E-state index is 0.149. The molecule has 166 valence electrons. The molecule has 33 heavy (non-hydrogen) atoms. The molecule has 0 saturated heterocycles. The van der Waals surface area contributed by atoms with Gasteiger partial charge in [0.15, 0.2) is 23.1 Å². The number of terminal acetylenes is 1. The maximum atomic E-state index is 5.57. The fourth-order valence-electron chi connectivity index (χ4n) is 2.71. The van der Waals surface area contributed by atoms with Crippen LogP contribution in [0.1, 0.15) is 5.56 Å². The number of methoxy groups -OCH3 is 1. The standard InChI is InChI=1S/C21H15I2N7O3/c1-3-8-32-17-15(23)9-12(10-16(17)31-2)11-24-28-19-18(25-14-6-4-13(22)5-7-14)26-20-21(27-19)30-33-29-20/h1,4-7,9-11H,8H2,2H3,(H,25,26,29)(H,27,28,30)/b24-11-. The average Bonchev–Trinajstić information content (AvgIpc) is 3.27. The van der Waals surface area contributed by atoms with Crippen molar-refractivity contribution >= 4 is 80.0 Å². The quantitative estimate of drug-likeness (QED) is 0.122. The Bertz CT molecular complexity index is 1350. The second-order valence-corrected chi connectivity index (χ2v) is 8.77. The van der Waals surface area contributed by atoms with Crippen LogP contribution in [0, 0.1) is 19.5 Å². The fourth-order valence-corrected chi connectivity index (χ4v) is 3.85. The van der Waals surface area contributed by atoms with Crippen LogP contribution in [-0.2, 0) is 0 Å². The molecule has 2 heterocycles. The first-order chi connectivity index (χ1) is 16.1. The van der Waals surface area contributed by atoms with Gasteiger partial charge in [0.2, 0.25) is 11.3 Å². The summed E-state index contributed by atoms with van der Waals surface area (Å²) in [4.78, 5) is 8.82. The van der Waals surface area contributed by atoms with Gasteiger partial charge in [-0.3, -0.25) is 5.43 Å². The zero-order valence-electron chi connectivity index (χ0n) is 17.0. The summed E-state index contributed by atoms with van der Waals surface area (Å²) in [7, 11) is 1.56. The first-order valence-corrected chi connectivity index (χ1v) is 11.5. The molecule has 0 radical (unpaired) electrons. The van der Waals surface area contributed by atoms with Crippen molar-refractivity contribution in [1.29, 1.82) is 0 Å². The third kappa shape index (κ3) is 5.60. The summed E-state index contributed by atoms with van der Waals surface area (Å²) in [6.07, 6.45) is 6.91. The van der Waals surface area contributed by atoms with Crippen LogP contribution in [0.5, 0.6) is 11.5 Å². The van der Waals surface area contributed by atoms with Crippen LogP contribution in [0.3, 0.4) is 0 Å². The van der Waals surface area contributed by atoms with Gasteiger partial charge in [-0.05, 0) is 97.5 Å². The summed E-state index contributed by atoms with van der Waals surface area (Å²) in [5.41, 5.74) is 5.04. The van der Waals surface area contributed by atoms with E-state index in [0.717, 1.165) is 18.4 Å². The molecule has 0 amide bonds. The van der Waals surface area contributed by atoms with Gasteiger partial charge >= 0.3 is 0 Å². The third-order valence-electron chi connectivity index (χ3n) is 4.16. The number of nitrogens with zero attached hydrogens (tertiary/aromatic N) is 5. The first-order valence-electron chi connectivity index (χ1n) is 9.33. The van der Waals surface area contributed by atoms with Crippen LogP contribution in [0.15, 0.2) is 46.1 Å². The van der Waals surface area contributed by atoms with Gasteiger partial charge in [-0.15, -0.1) is 6.42 Å². The highest BCUT2D eigenvalue weighted by atomic mass is 127. The van der Waals surface area contributed by atoms with Crippen LogP contribution in [0.2, 0.25) is 0 Å². The number of hydrogen-bond donors (Lipinski definition) is 2. The van der Waals surface area contributed by atoms with Crippen molar-refractivity contribution in [3.63, 3.8) is 0 Å². The van der Waals surface area contributed by atoms with E-state index in [2.05, 4.69) is 87.2 Å². The summed E-state index contributed by atoms with van der Waals surface area (Å²) < 4.78 is 17.7. The minimum atomic E-state index is 0.149. The van der Waals surface area contributed by atoms with Gasteiger partial charge < -0.3 is 14.8 Å². The zero-order valence-corrected chi connectivity index (χ0v) is 21.4. The van der Waals surface area contributed by atoms with Crippen molar-refractivity contribution in [1.82, 2.24) is 20.3 Å². The number of hydrazone groups is 1. The highest BCUT2D eigenvalue weighted by Crippen LogP contribution is 2.33. The number of nitrogens with one attached hydrogen (secondary N) is 2. The molecule has 0 aliphatic carbocycles. The van der Waals surface area contributed by atoms with Crippen LogP contribution < -0.4 is 20.2 Å². The molecule has 0 unspecified atom stereocenters. The summed E-state index contributed by atoms with van der Waals surface area (Å²) >= 11 is 4.39. The lowest BCUT2D eigenvalue weighted by Gasteiger charge is -2.12. The lowest BCUT2D eigenvalue weighted by molar-refractivity contribution is 0.314. The van der Waals surface area contributed by atoms with Gasteiger partial charge in [-0.25, -0.2) is 9.61 Å². The van der Waals surface area contributed by atoms with Crippen molar-refractivity contribution < 1.29 is 14.1 Å². The number of benzene rings is 2. The first kappa shape index (κ1) is 23.0. The van der Waals surface area contributed by atoms with Crippen molar-refractivity contribution in [2.45, 2.75) is 0 Å². The summed E-state index contributed by atoms with van der Waals surface area (Å²) in [6.45, 7) is 0.149. The largest absolute Gasteiger partial charge is 0.493 e. The van der Waals surface area contributed by atoms with Gasteiger partial charge in [0.25, 0.3) is 0 Å². The van der Waals surface area contributed by atoms with Crippen molar-refractivity contribution in [2.24, 2.45) is 5.10 Å². The Kier molecular flexibility index (Phi) is 7.40. The Balaban J connectivity index is 1.59. The molecule has 2 aromatic heterocycles. The molecule has 0 aliphatic rings. The molecule has 2 aromatic carbocycles. The summed E-state index contributed by atoms with van der Waals surface area (Å²) in [5, 5.41) is 15.0. The van der Waals surface area contributed by atoms with E-state index in [9.17, 15) is 0 Å². The monoisotopic (exact) mass is 667 g/mol. The maximum absolute atomic E-state index is 5.57. The summed E-state index contributed by atoms with van der Waals surface area (Å²) in [6, 6.07) is 11.5. The van der Waals surface area contributed by atoms with E-state index in [0.29, 0.717) is 23.1 Å². The number of halogens is 2. The van der Waals surface area contributed by atoms with E-state index in [-0.39, 0.29) is 17.9 Å². The molecule has 10 nitrogen and oxygen atoms in total. The molecule has 0 saturated carbocycles. The van der Waals surface area contributed by atoms with Crippen LogP contribution in [0.25, 0.3) is 11.3 Å². The molecular formula is C21H15I2N7O3. The molecule has 12 heteroatoms. The van der Waals surface area contributed by atoms with Crippen LogP contribution in [-0.4, -0.2) is 40.2 Å². The average molecular weight is 667 g/mol. The van der Waals surface area contributed by atoms with E-state index in [4.69, 9.17) is 20.5 Å². The second-order valence-electron chi connectivity index (χ2n) is 6.36. The molecule has 0 aliphatic heterocycles. The number of aromatic nitrogens is 4. The number of rotatable bonds is 8. The SMILES string of the molecule is C#CCOc1c(I)cc(/C=N\Nc2nc3nonc3nc2Nc2ccc(I)cc2)cc1OC. The van der Waals surface area contributed by atoms with Crippen LogP contribution in [0.4, 0.5) is 17.3 Å². The third-order valence-corrected chi connectivity index (χ3v) is 5.68. The number of anilines is 3. The highest BCUT2D eigenvalue weighted by molar-refractivity contribution is 14.1. The highest BCUT2D eigenvalue weighted by Gasteiger charge is 2.14. The van der Waals surface area contributed by atoms with E-state index in [1.807, 2.05) is 30.3 Å². The fraction of sp³-hybridized carbons (Fsp3) is 0.0952. The summed E-state index contributed by atoms with van der Waals surface area (Å²) in [5.74, 6) is 4.35. The van der Waals surface area contributed by atoms with Gasteiger partial charge in [0.1, 0.15) is 6.61 Å². The predicted molar refractivity (Wildman–Crippen MR) is 141 cm³/mol. The molecule has 0 spiro atoms.